The van der Waals surface area contributed by atoms with Crippen molar-refractivity contribution in [1.82, 2.24) is 0 Å². The minimum atomic E-state index is -4.95. The zero-order valence-electron chi connectivity index (χ0n) is 11.9. The van der Waals surface area contributed by atoms with E-state index in [1.165, 1.54) is 12.1 Å². The molecule has 7 nitrogen and oxygen atoms in total. The van der Waals surface area contributed by atoms with Gasteiger partial charge in [0.05, 0.1) is 4.90 Å². The SMILES string of the molecule is O.O=C1c2ccccc2C(=O)c2cc(S(=O)(=O)[O-])c(O)cc21.[Na]. The number of fused-ring (bicyclic) bond motifs is 2. The predicted octanol–water partition coefficient (Wildman–Crippen LogP) is -0.134. The van der Waals surface area contributed by atoms with Crippen LogP contribution in [0, 0.1) is 0 Å². The zero-order valence-corrected chi connectivity index (χ0v) is 14.7. The van der Waals surface area contributed by atoms with E-state index < -0.39 is 32.3 Å². The normalized spacial score (nSPS) is 12.6. The van der Waals surface area contributed by atoms with Crippen LogP contribution in [0.1, 0.15) is 31.8 Å². The van der Waals surface area contributed by atoms with Crippen molar-refractivity contribution in [2.45, 2.75) is 4.90 Å². The third kappa shape index (κ3) is 3.09. The standard InChI is InChI=1S/C14H8O6S.Na.H2O/c15-11-5-9-10(6-12(11)21(18,19)20)14(17)8-4-2-1-3-7(8)13(9)16;;/h1-6,15H,(H,18,19,20);;1H2/p-1. The van der Waals surface area contributed by atoms with Gasteiger partial charge in [-0.3, -0.25) is 9.59 Å². The molecule has 0 heterocycles. The van der Waals surface area contributed by atoms with E-state index in [-0.39, 0.29) is 57.3 Å². The van der Waals surface area contributed by atoms with Crippen LogP contribution in [0.5, 0.6) is 5.75 Å². The summed E-state index contributed by atoms with van der Waals surface area (Å²) in [5.41, 5.74) is -0.0170. The van der Waals surface area contributed by atoms with Gasteiger partial charge in [-0.25, -0.2) is 8.42 Å². The van der Waals surface area contributed by atoms with Crippen LogP contribution in [-0.4, -0.2) is 64.7 Å². The maximum absolute atomic E-state index is 12.3. The molecule has 0 bridgehead atoms. The Hall–Kier alpha value is -1.55. The van der Waals surface area contributed by atoms with Crippen LogP contribution >= 0.6 is 0 Å². The van der Waals surface area contributed by atoms with Gasteiger partial charge in [0.2, 0.25) is 0 Å². The summed E-state index contributed by atoms with van der Waals surface area (Å²) in [5, 5.41) is 9.61. The molecule has 0 amide bonds. The van der Waals surface area contributed by atoms with Crippen molar-refractivity contribution in [3.63, 3.8) is 0 Å². The molecule has 0 fully saturated rings. The Morgan fingerprint density at radius 3 is 1.74 bits per heavy atom. The predicted molar refractivity (Wildman–Crippen MR) is 78.7 cm³/mol. The number of phenolic OH excluding ortho intramolecular Hbond substituents is 1. The maximum Gasteiger partial charge on any atom is 0.194 e. The summed E-state index contributed by atoms with van der Waals surface area (Å²) < 4.78 is 33.2. The van der Waals surface area contributed by atoms with E-state index in [2.05, 4.69) is 0 Å². The molecule has 3 N–H and O–H groups in total. The number of benzene rings is 2. The molecule has 0 saturated carbocycles. The first-order valence-corrected chi connectivity index (χ1v) is 7.23. The van der Waals surface area contributed by atoms with Crippen molar-refractivity contribution in [3.05, 3.63) is 58.7 Å². The van der Waals surface area contributed by atoms with E-state index in [1.54, 1.807) is 12.1 Å². The fourth-order valence-corrected chi connectivity index (χ4v) is 2.89. The molecule has 0 unspecified atom stereocenters. The van der Waals surface area contributed by atoms with Gasteiger partial charge in [0.25, 0.3) is 0 Å². The van der Waals surface area contributed by atoms with Crippen LogP contribution in [0.2, 0.25) is 0 Å². The van der Waals surface area contributed by atoms with Crippen molar-refractivity contribution in [1.29, 1.82) is 0 Å². The van der Waals surface area contributed by atoms with E-state index in [9.17, 15) is 27.7 Å². The molecule has 115 valence electrons. The molecule has 0 aliphatic heterocycles. The molecule has 0 aromatic heterocycles. The van der Waals surface area contributed by atoms with Crippen LogP contribution in [-0.2, 0) is 10.1 Å². The van der Waals surface area contributed by atoms with Gasteiger partial charge in [-0.05, 0) is 12.1 Å². The van der Waals surface area contributed by atoms with Gasteiger partial charge in [-0.15, -0.1) is 0 Å². The molecule has 2 aromatic carbocycles. The summed E-state index contributed by atoms with van der Waals surface area (Å²) in [6.07, 6.45) is 0. The summed E-state index contributed by atoms with van der Waals surface area (Å²) >= 11 is 0. The molecular weight excluding hydrogens is 335 g/mol. The first-order chi connectivity index (χ1) is 9.80. The number of aromatic hydroxyl groups is 1. The average Bonchev–Trinajstić information content (AvgIpc) is 2.43. The summed E-state index contributed by atoms with van der Waals surface area (Å²) in [5.74, 6) is -1.92. The van der Waals surface area contributed by atoms with Gasteiger partial charge < -0.3 is 15.1 Å². The summed E-state index contributed by atoms with van der Waals surface area (Å²) in [7, 11) is -4.95. The summed E-state index contributed by atoms with van der Waals surface area (Å²) in [4.78, 5) is 23.7. The van der Waals surface area contributed by atoms with E-state index in [1.807, 2.05) is 0 Å². The molecule has 1 aliphatic rings. The Morgan fingerprint density at radius 2 is 1.30 bits per heavy atom. The molecular formula is C14H9NaO7S-. The van der Waals surface area contributed by atoms with E-state index >= 15 is 0 Å². The van der Waals surface area contributed by atoms with E-state index in [0.717, 1.165) is 12.1 Å². The maximum atomic E-state index is 12.3. The molecule has 3 rings (SSSR count). The molecule has 1 aliphatic carbocycles. The molecule has 2 aromatic rings. The van der Waals surface area contributed by atoms with Gasteiger partial charge in [-0.1, -0.05) is 24.3 Å². The Kier molecular flexibility index (Phi) is 5.53. The molecule has 0 saturated heterocycles. The third-order valence-corrected chi connectivity index (χ3v) is 4.14. The van der Waals surface area contributed by atoms with Crippen molar-refractivity contribution in [3.8, 4) is 5.75 Å². The second-order valence-electron chi connectivity index (χ2n) is 4.52. The molecule has 1 radical (unpaired) electrons. The number of phenols is 1. The Morgan fingerprint density at radius 1 is 0.870 bits per heavy atom. The molecule has 23 heavy (non-hydrogen) atoms. The fourth-order valence-electron chi connectivity index (χ4n) is 2.31. The largest absolute Gasteiger partial charge is 0.744 e. The van der Waals surface area contributed by atoms with Gasteiger partial charge >= 0.3 is 0 Å². The second-order valence-corrected chi connectivity index (χ2v) is 5.87. The van der Waals surface area contributed by atoms with Crippen molar-refractivity contribution in [2.24, 2.45) is 0 Å². The van der Waals surface area contributed by atoms with Crippen molar-refractivity contribution >= 4 is 51.2 Å². The Labute approximate surface area is 153 Å². The number of rotatable bonds is 1. The average molecular weight is 344 g/mol. The Bertz CT molecular complexity index is 919. The van der Waals surface area contributed by atoms with Crippen LogP contribution in [0.15, 0.2) is 41.3 Å². The monoisotopic (exact) mass is 344 g/mol. The molecule has 0 spiro atoms. The zero-order chi connectivity index (χ0) is 15.4. The van der Waals surface area contributed by atoms with Crippen molar-refractivity contribution in [2.75, 3.05) is 0 Å². The van der Waals surface area contributed by atoms with Crippen LogP contribution in [0.4, 0.5) is 0 Å². The van der Waals surface area contributed by atoms with Gasteiger partial charge in [0, 0.05) is 51.8 Å². The number of hydrogen-bond donors (Lipinski definition) is 1. The minimum absolute atomic E-state index is 0. The van der Waals surface area contributed by atoms with E-state index in [4.69, 9.17) is 0 Å². The second kappa shape index (κ2) is 6.52. The van der Waals surface area contributed by atoms with Crippen LogP contribution < -0.4 is 0 Å². The number of carbonyl (C=O) groups is 2. The minimum Gasteiger partial charge on any atom is -0.744 e. The fraction of sp³-hybridized carbons (Fsp3) is 0. The van der Waals surface area contributed by atoms with E-state index in [0.29, 0.717) is 0 Å². The first-order valence-electron chi connectivity index (χ1n) is 5.82. The van der Waals surface area contributed by atoms with Crippen LogP contribution in [0.3, 0.4) is 0 Å². The summed E-state index contributed by atoms with van der Waals surface area (Å²) in [6.45, 7) is 0. The molecule has 0 atom stereocenters. The topological polar surface area (TPSA) is 143 Å². The first kappa shape index (κ1) is 19.5. The Balaban J connectivity index is 0.00000132. The number of ketones is 2. The summed E-state index contributed by atoms with van der Waals surface area (Å²) in [6, 6.07) is 7.66. The number of hydrogen-bond acceptors (Lipinski definition) is 6. The van der Waals surface area contributed by atoms with Gasteiger partial charge in [-0.2, -0.15) is 0 Å². The van der Waals surface area contributed by atoms with Crippen LogP contribution in [0.25, 0.3) is 0 Å². The third-order valence-electron chi connectivity index (χ3n) is 3.27. The van der Waals surface area contributed by atoms with Gasteiger partial charge in [0.1, 0.15) is 15.9 Å². The smallest absolute Gasteiger partial charge is 0.194 e. The molecule has 9 heteroatoms. The van der Waals surface area contributed by atoms with Crippen molar-refractivity contribution < 1.29 is 33.1 Å². The van der Waals surface area contributed by atoms with Gasteiger partial charge in [0.15, 0.2) is 11.6 Å². The number of carbonyl (C=O) groups excluding carboxylic acids is 2. The quantitative estimate of drug-likeness (QED) is 0.481.